The monoisotopic (exact) mass is 362 g/mol. The lowest BCUT2D eigenvalue weighted by Crippen LogP contribution is -2.19. The SMILES string of the molecule is Cc1ccc(CC(=O)N/N=C\c2ccc(-c3cccc(C(=O)O)c3)o2)cc1. The van der Waals surface area contributed by atoms with Crippen molar-refractivity contribution in [3.63, 3.8) is 0 Å². The Labute approximate surface area is 156 Å². The average Bonchev–Trinajstić information content (AvgIpc) is 3.13. The topological polar surface area (TPSA) is 91.9 Å². The molecule has 0 radical (unpaired) electrons. The highest BCUT2D eigenvalue weighted by molar-refractivity contribution is 5.89. The smallest absolute Gasteiger partial charge is 0.335 e. The Morgan fingerprint density at radius 1 is 1.11 bits per heavy atom. The molecule has 0 aliphatic rings. The average molecular weight is 362 g/mol. The Balaban J connectivity index is 1.60. The van der Waals surface area contributed by atoms with Crippen LogP contribution < -0.4 is 5.43 Å². The highest BCUT2D eigenvalue weighted by atomic mass is 16.4. The number of hydrogen-bond acceptors (Lipinski definition) is 4. The third kappa shape index (κ3) is 4.92. The van der Waals surface area contributed by atoms with E-state index < -0.39 is 5.97 Å². The number of carboxylic acids is 1. The van der Waals surface area contributed by atoms with Gasteiger partial charge in [-0.05, 0) is 36.8 Å². The van der Waals surface area contributed by atoms with Gasteiger partial charge in [0.25, 0.3) is 0 Å². The number of nitrogens with zero attached hydrogens (tertiary/aromatic N) is 1. The van der Waals surface area contributed by atoms with E-state index in [4.69, 9.17) is 9.52 Å². The first-order chi connectivity index (χ1) is 13.0. The van der Waals surface area contributed by atoms with Gasteiger partial charge in [-0.3, -0.25) is 4.79 Å². The summed E-state index contributed by atoms with van der Waals surface area (Å²) in [4.78, 5) is 23.0. The van der Waals surface area contributed by atoms with E-state index >= 15 is 0 Å². The molecule has 0 aliphatic heterocycles. The molecule has 0 atom stereocenters. The van der Waals surface area contributed by atoms with Crippen LogP contribution in [0.5, 0.6) is 0 Å². The van der Waals surface area contributed by atoms with Crippen molar-refractivity contribution < 1.29 is 19.1 Å². The van der Waals surface area contributed by atoms with E-state index in [2.05, 4.69) is 10.5 Å². The molecule has 0 spiro atoms. The van der Waals surface area contributed by atoms with E-state index in [1.54, 1.807) is 24.3 Å². The molecule has 27 heavy (non-hydrogen) atoms. The molecule has 136 valence electrons. The molecule has 0 unspecified atom stereocenters. The van der Waals surface area contributed by atoms with Crippen LogP contribution in [0.4, 0.5) is 0 Å². The van der Waals surface area contributed by atoms with E-state index in [-0.39, 0.29) is 17.9 Å². The molecule has 0 saturated carbocycles. The predicted octanol–water partition coefficient (Wildman–Crippen LogP) is 3.65. The van der Waals surface area contributed by atoms with Gasteiger partial charge in [0, 0.05) is 5.56 Å². The van der Waals surface area contributed by atoms with E-state index in [0.29, 0.717) is 17.1 Å². The van der Waals surface area contributed by atoms with Crippen molar-refractivity contribution >= 4 is 18.1 Å². The molecule has 6 nitrogen and oxygen atoms in total. The van der Waals surface area contributed by atoms with Crippen molar-refractivity contribution in [2.45, 2.75) is 13.3 Å². The lowest BCUT2D eigenvalue weighted by atomic mass is 10.1. The largest absolute Gasteiger partial charge is 0.478 e. The summed E-state index contributed by atoms with van der Waals surface area (Å²) in [6, 6.07) is 17.6. The maximum Gasteiger partial charge on any atom is 0.335 e. The first-order valence-electron chi connectivity index (χ1n) is 8.32. The van der Waals surface area contributed by atoms with Gasteiger partial charge in [-0.1, -0.05) is 42.0 Å². The number of benzene rings is 2. The van der Waals surface area contributed by atoms with Crippen LogP contribution >= 0.6 is 0 Å². The minimum Gasteiger partial charge on any atom is -0.478 e. The second-order valence-corrected chi connectivity index (χ2v) is 6.04. The molecule has 1 amide bonds. The Morgan fingerprint density at radius 2 is 1.89 bits per heavy atom. The van der Waals surface area contributed by atoms with Gasteiger partial charge in [0.15, 0.2) is 0 Å². The number of rotatable bonds is 6. The van der Waals surface area contributed by atoms with Gasteiger partial charge in [-0.15, -0.1) is 0 Å². The third-order valence-electron chi connectivity index (χ3n) is 3.89. The molecule has 2 aromatic carbocycles. The van der Waals surface area contributed by atoms with Crippen molar-refractivity contribution in [3.8, 4) is 11.3 Å². The summed E-state index contributed by atoms with van der Waals surface area (Å²) in [5, 5.41) is 13.0. The van der Waals surface area contributed by atoms with Crippen LogP contribution in [0, 0.1) is 6.92 Å². The molecule has 6 heteroatoms. The molecule has 3 rings (SSSR count). The first-order valence-corrected chi connectivity index (χ1v) is 8.32. The molecule has 1 heterocycles. The van der Waals surface area contributed by atoms with Crippen molar-refractivity contribution in [1.29, 1.82) is 0 Å². The number of furan rings is 1. The van der Waals surface area contributed by atoms with Crippen LogP contribution in [0.25, 0.3) is 11.3 Å². The minimum absolute atomic E-state index is 0.183. The standard InChI is InChI=1S/C21H18N2O4/c1-14-5-7-15(8-6-14)11-20(24)23-22-13-18-9-10-19(27-18)16-3-2-4-17(12-16)21(25)26/h2-10,12-13H,11H2,1H3,(H,23,24)(H,25,26)/b22-13-. The number of carbonyl (C=O) groups is 2. The number of carbonyl (C=O) groups excluding carboxylic acids is 1. The second-order valence-electron chi connectivity index (χ2n) is 6.04. The lowest BCUT2D eigenvalue weighted by molar-refractivity contribution is -0.120. The van der Waals surface area contributed by atoms with Gasteiger partial charge in [0.1, 0.15) is 11.5 Å². The van der Waals surface area contributed by atoms with Crippen LogP contribution in [0.2, 0.25) is 0 Å². The quantitative estimate of drug-likeness (QED) is 0.517. The van der Waals surface area contributed by atoms with Crippen LogP contribution in [-0.2, 0) is 11.2 Å². The van der Waals surface area contributed by atoms with Crippen LogP contribution in [0.15, 0.2) is 70.2 Å². The summed E-state index contributed by atoms with van der Waals surface area (Å²) in [6.07, 6.45) is 1.64. The summed E-state index contributed by atoms with van der Waals surface area (Å²) in [5.41, 5.74) is 5.34. The van der Waals surface area contributed by atoms with E-state index in [0.717, 1.165) is 11.1 Å². The number of amides is 1. The number of nitrogens with one attached hydrogen (secondary N) is 1. The summed E-state index contributed by atoms with van der Waals surface area (Å²) in [6.45, 7) is 1.99. The number of carboxylic acid groups (broad SMARTS) is 1. The zero-order valence-corrected chi connectivity index (χ0v) is 14.7. The first kappa shape index (κ1) is 18.1. The molecular weight excluding hydrogens is 344 g/mol. The molecule has 0 bridgehead atoms. The molecule has 2 N–H and O–H groups in total. The third-order valence-corrected chi connectivity index (χ3v) is 3.89. The zero-order chi connectivity index (χ0) is 19.2. The minimum atomic E-state index is -0.999. The fourth-order valence-electron chi connectivity index (χ4n) is 2.48. The lowest BCUT2D eigenvalue weighted by Gasteiger charge is -2.01. The van der Waals surface area contributed by atoms with E-state index in [1.807, 2.05) is 31.2 Å². The maximum atomic E-state index is 11.9. The van der Waals surface area contributed by atoms with Gasteiger partial charge < -0.3 is 9.52 Å². The zero-order valence-electron chi connectivity index (χ0n) is 14.7. The highest BCUT2D eigenvalue weighted by Gasteiger charge is 2.08. The normalized spacial score (nSPS) is 10.9. The van der Waals surface area contributed by atoms with Crippen LogP contribution in [0.1, 0.15) is 27.2 Å². The summed E-state index contributed by atoms with van der Waals surface area (Å²) >= 11 is 0. The van der Waals surface area contributed by atoms with Gasteiger partial charge in [-0.2, -0.15) is 5.10 Å². The fourth-order valence-corrected chi connectivity index (χ4v) is 2.48. The Morgan fingerprint density at radius 3 is 2.63 bits per heavy atom. The van der Waals surface area contributed by atoms with Gasteiger partial charge in [0.05, 0.1) is 18.2 Å². The summed E-state index contributed by atoms with van der Waals surface area (Å²) < 4.78 is 5.62. The molecule has 0 aliphatic carbocycles. The molecular formula is C21H18N2O4. The molecule has 3 aromatic rings. The second kappa shape index (κ2) is 8.14. The number of aromatic carboxylic acids is 1. The number of hydrogen-bond donors (Lipinski definition) is 2. The van der Waals surface area contributed by atoms with Gasteiger partial charge in [0.2, 0.25) is 5.91 Å². The van der Waals surface area contributed by atoms with Crippen LogP contribution in [-0.4, -0.2) is 23.2 Å². The predicted molar refractivity (Wildman–Crippen MR) is 102 cm³/mol. The Hall–Kier alpha value is -3.67. The summed E-state index contributed by atoms with van der Waals surface area (Å²) in [5.74, 6) is -0.260. The molecule has 0 fully saturated rings. The van der Waals surface area contributed by atoms with E-state index in [9.17, 15) is 9.59 Å². The Bertz CT molecular complexity index is 987. The van der Waals surface area contributed by atoms with Crippen molar-refractivity contribution in [1.82, 2.24) is 5.43 Å². The summed E-state index contributed by atoms with van der Waals surface area (Å²) in [7, 11) is 0. The Kier molecular flexibility index (Phi) is 5.47. The van der Waals surface area contributed by atoms with Crippen molar-refractivity contribution in [2.75, 3.05) is 0 Å². The van der Waals surface area contributed by atoms with Gasteiger partial charge in [-0.25, -0.2) is 10.2 Å². The maximum absolute atomic E-state index is 11.9. The fraction of sp³-hybridized carbons (Fsp3) is 0.0952. The van der Waals surface area contributed by atoms with E-state index in [1.165, 1.54) is 18.3 Å². The number of hydrazone groups is 1. The van der Waals surface area contributed by atoms with Crippen molar-refractivity contribution in [2.24, 2.45) is 5.10 Å². The van der Waals surface area contributed by atoms with Crippen LogP contribution in [0.3, 0.4) is 0 Å². The molecule has 1 aromatic heterocycles. The number of aryl methyl sites for hydroxylation is 1. The highest BCUT2D eigenvalue weighted by Crippen LogP contribution is 2.22. The van der Waals surface area contributed by atoms with Crippen molar-refractivity contribution in [3.05, 3.63) is 83.1 Å². The molecule has 0 saturated heterocycles. The van der Waals surface area contributed by atoms with Gasteiger partial charge >= 0.3 is 5.97 Å².